The summed E-state index contributed by atoms with van der Waals surface area (Å²) in [5.41, 5.74) is 1.16. The first kappa shape index (κ1) is 21.3. The Kier molecular flexibility index (Phi) is 7.12. The Morgan fingerprint density at radius 1 is 1.36 bits per heavy atom. The third-order valence-electron chi connectivity index (χ3n) is 5.79. The monoisotopic (exact) mass is 424 g/mol. The molecular formula is C20H29ClN4O2S. The standard InChI is InChI=1S/C20H28N4O2S.ClH/c1-12-4-5-14-15(9-12)27-20-18(14)19(26)23-16(24-20)6-7-17(25)22-11-13-3-2-8-21-10-13;/h12-13,21H,2-11H2,1H3,(H,22,25)(H,23,24,26);1H. The zero-order valence-corrected chi connectivity index (χ0v) is 17.9. The lowest BCUT2D eigenvalue weighted by molar-refractivity contribution is -0.121. The van der Waals surface area contributed by atoms with Crippen molar-refractivity contribution in [3.8, 4) is 0 Å². The molecular weight excluding hydrogens is 396 g/mol. The summed E-state index contributed by atoms with van der Waals surface area (Å²) in [5.74, 6) is 1.85. The maximum absolute atomic E-state index is 12.6. The van der Waals surface area contributed by atoms with Gasteiger partial charge in [0.15, 0.2) is 0 Å². The van der Waals surface area contributed by atoms with Crippen molar-refractivity contribution in [2.45, 2.75) is 51.9 Å². The molecule has 1 saturated heterocycles. The molecule has 3 N–H and O–H groups in total. The number of hydrogen-bond acceptors (Lipinski definition) is 5. The van der Waals surface area contributed by atoms with Gasteiger partial charge in [0.05, 0.1) is 5.39 Å². The number of nitrogens with one attached hydrogen (secondary N) is 3. The van der Waals surface area contributed by atoms with Gasteiger partial charge in [-0.15, -0.1) is 23.7 Å². The van der Waals surface area contributed by atoms with Crippen LogP contribution in [0.4, 0.5) is 0 Å². The maximum Gasteiger partial charge on any atom is 0.259 e. The number of aromatic nitrogens is 2. The molecule has 2 aromatic rings. The van der Waals surface area contributed by atoms with Gasteiger partial charge in [0.25, 0.3) is 5.56 Å². The summed E-state index contributed by atoms with van der Waals surface area (Å²) in [6.45, 7) is 5.05. The Morgan fingerprint density at radius 3 is 3.00 bits per heavy atom. The Balaban J connectivity index is 0.00000225. The minimum Gasteiger partial charge on any atom is -0.356 e. The van der Waals surface area contributed by atoms with Gasteiger partial charge in [-0.3, -0.25) is 9.59 Å². The number of fused-ring (bicyclic) bond motifs is 3. The number of aryl methyl sites for hydroxylation is 2. The van der Waals surface area contributed by atoms with Crippen molar-refractivity contribution < 1.29 is 4.79 Å². The lowest BCUT2D eigenvalue weighted by Crippen LogP contribution is -2.38. The summed E-state index contributed by atoms with van der Waals surface area (Å²) in [6, 6.07) is 0. The van der Waals surface area contributed by atoms with Gasteiger partial charge in [0, 0.05) is 24.3 Å². The minimum absolute atomic E-state index is 0. The van der Waals surface area contributed by atoms with Gasteiger partial charge in [-0.1, -0.05) is 6.92 Å². The third-order valence-corrected chi connectivity index (χ3v) is 6.94. The van der Waals surface area contributed by atoms with E-state index >= 15 is 0 Å². The first-order valence-electron chi connectivity index (χ1n) is 10.1. The number of piperidine rings is 1. The number of carbonyl (C=O) groups is 1. The van der Waals surface area contributed by atoms with E-state index in [-0.39, 0.29) is 23.9 Å². The number of aromatic amines is 1. The average Bonchev–Trinajstić information content (AvgIpc) is 3.03. The molecule has 1 aliphatic heterocycles. The van der Waals surface area contributed by atoms with Crippen LogP contribution in [0.15, 0.2) is 4.79 Å². The Bertz CT molecular complexity index is 888. The van der Waals surface area contributed by atoms with Crippen LogP contribution in [0.5, 0.6) is 0 Å². The molecule has 1 aliphatic carbocycles. The number of nitrogens with zero attached hydrogens (tertiary/aromatic N) is 1. The molecule has 154 valence electrons. The van der Waals surface area contributed by atoms with E-state index in [9.17, 15) is 9.59 Å². The molecule has 2 atom stereocenters. The lowest BCUT2D eigenvalue weighted by atomic mass is 9.89. The predicted octanol–water partition coefficient (Wildman–Crippen LogP) is 2.58. The van der Waals surface area contributed by atoms with Gasteiger partial charge < -0.3 is 15.6 Å². The zero-order valence-electron chi connectivity index (χ0n) is 16.3. The van der Waals surface area contributed by atoms with Crippen LogP contribution < -0.4 is 16.2 Å². The number of rotatable bonds is 5. The van der Waals surface area contributed by atoms with E-state index in [0.717, 1.165) is 49.1 Å². The van der Waals surface area contributed by atoms with Crippen LogP contribution in [0.2, 0.25) is 0 Å². The molecule has 4 rings (SSSR count). The molecule has 2 unspecified atom stereocenters. The summed E-state index contributed by atoms with van der Waals surface area (Å²) < 4.78 is 0. The van der Waals surface area contributed by atoms with Gasteiger partial charge in [-0.2, -0.15) is 0 Å². The van der Waals surface area contributed by atoms with Crippen LogP contribution in [-0.4, -0.2) is 35.5 Å². The van der Waals surface area contributed by atoms with Crippen molar-refractivity contribution in [1.82, 2.24) is 20.6 Å². The molecule has 2 aliphatic rings. The first-order chi connectivity index (χ1) is 13.1. The van der Waals surface area contributed by atoms with Crippen LogP contribution in [0.1, 0.15) is 48.9 Å². The van der Waals surface area contributed by atoms with Crippen LogP contribution in [-0.2, 0) is 24.1 Å². The topological polar surface area (TPSA) is 86.9 Å². The first-order valence-corrected chi connectivity index (χ1v) is 10.9. The van der Waals surface area contributed by atoms with Gasteiger partial charge in [-0.25, -0.2) is 4.98 Å². The summed E-state index contributed by atoms with van der Waals surface area (Å²) >= 11 is 1.66. The SMILES string of the molecule is CC1CCc2c(sc3nc(CCC(=O)NCC4CCCNC4)[nH]c(=O)c23)C1.Cl. The number of amides is 1. The van der Waals surface area contributed by atoms with E-state index in [2.05, 4.69) is 27.5 Å². The second kappa shape index (κ2) is 9.37. The summed E-state index contributed by atoms with van der Waals surface area (Å²) in [6.07, 6.45) is 6.32. The highest BCUT2D eigenvalue weighted by Crippen LogP contribution is 2.35. The fourth-order valence-electron chi connectivity index (χ4n) is 4.19. The smallest absolute Gasteiger partial charge is 0.259 e. The second-order valence-electron chi connectivity index (χ2n) is 8.06. The molecule has 0 radical (unpaired) electrons. The van der Waals surface area contributed by atoms with Gasteiger partial charge >= 0.3 is 0 Å². The van der Waals surface area contributed by atoms with E-state index in [1.807, 2.05) is 0 Å². The Morgan fingerprint density at radius 2 is 2.21 bits per heavy atom. The Labute approximate surface area is 175 Å². The summed E-state index contributed by atoms with van der Waals surface area (Å²) in [7, 11) is 0. The van der Waals surface area contributed by atoms with Crippen molar-refractivity contribution in [2.75, 3.05) is 19.6 Å². The molecule has 1 fully saturated rings. The third kappa shape index (κ3) is 4.75. The predicted molar refractivity (Wildman–Crippen MR) is 116 cm³/mol. The minimum atomic E-state index is -0.0456. The number of carbonyl (C=O) groups excluding carboxylic acids is 1. The van der Waals surface area contributed by atoms with Crippen molar-refractivity contribution in [2.24, 2.45) is 11.8 Å². The van der Waals surface area contributed by atoms with Crippen molar-refractivity contribution in [1.29, 1.82) is 0 Å². The fourth-order valence-corrected chi connectivity index (χ4v) is 5.59. The van der Waals surface area contributed by atoms with Crippen molar-refractivity contribution in [3.05, 3.63) is 26.6 Å². The van der Waals surface area contributed by atoms with E-state index in [1.165, 1.54) is 23.3 Å². The highest BCUT2D eigenvalue weighted by atomic mass is 35.5. The van der Waals surface area contributed by atoms with Gasteiger partial charge in [-0.05, 0) is 62.6 Å². The Hall–Kier alpha value is -1.44. The molecule has 0 saturated carbocycles. The highest BCUT2D eigenvalue weighted by Gasteiger charge is 2.23. The molecule has 28 heavy (non-hydrogen) atoms. The molecule has 6 nitrogen and oxygen atoms in total. The molecule has 1 amide bonds. The van der Waals surface area contributed by atoms with Gasteiger partial charge in [0.2, 0.25) is 5.91 Å². The van der Waals surface area contributed by atoms with Crippen LogP contribution in [0.25, 0.3) is 10.2 Å². The molecule has 0 bridgehead atoms. The number of thiophene rings is 1. The molecule has 8 heteroatoms. The second-order valence-corrected chi connectivity index (χ2v) is 9.14. The molecule has 2 aromatic heterocycles. The van der Waals surface area contributed by atoms with Crippen molar-refractivity contribution >= 4 is 39.9 Å². The van der Waals surface area contributed by atoms with Gasteiger partial charge in [0.1, 0.15) is 10.7 Å². The van der Waals surface area contributed by atoms with E-state index in [0.29, 0.717) is 30.5 Å². The zero-order chi connectivity index (χ0) is 18.8. The summed E-state index contributed by atoms with van der Waals surface area (Å²) in [5, 5.41) is 7.16. The average molecular weight is 425 g/mol. The normalized spacial score (nSPS) is 21.8. The van der Waals surface area contributed by atoms with E-state index < -0.39 is 0 Å². The number of halogens is 1. The maximum atomic E-state index is 12.6. The van der Waals surface area contributed by atoms with Crippen molar-refractivity contribution in [3.63, 3.8) is 0 Å². The quantitative estimate of drug-likeness (QED) is 0.688. The van der Waals surface area contributed by atoms with E-state index in [1.54, 1.807) is 11.3 Å². The summed E-state index contributed by atoms with van der Waals surface area (Å²) in [4.78, 5) is 34.5. The van der Waals surface area contributed by atoms with Crippen LogP contribution in [0, 0.1) is 11.8 Å². The molecule has 0 spiro atoms. The van der Waals surface area contributed by atoms with Crippen LogP contribution >= 0.6 is 23.7 Å². The number of H-pyrrole nitrogens is 1. The van der Waals surface area contributed by atoms with Crippen LogP contribution in [0.3, 0.4) is 0 Å². The molecule has 3 heterocycles. The largest absolute Gasteiger partial charge is 0.356 e. The fraction of sp³-hybridized carbons (Fsp3) is 0.650. The molecule has 0 aromatic carbocycles. The van der Waals surface area contributed by atoms with E-state index in [4.69, 9.17) is 0 Å². The lowest BCUT2D eigenvalue weighted by Gasteiger charge is -2.22. The number of hydrogen-bond donors (Lipinski definition) is 3. The highest BCUT2D eigenvalue weighted by molar-refractivity contribution is 7.18.